The fourth-order valence-electron chi connectivity index (χ4n) is 2.04. The van der Waals surface area contributed by atoms with E-state index < -0.39 is 0 Å². The molecule has 2 N–H and O–H groups in total. The highest BCUT2D eigenvalue weighted by Crippen LogP contribution is 2.37. The summed E-state index contributed by atoms with van der Waals surface area (Å²) in [7, 11) is 0. The zero-order chi connectivity index (χ0) is 12.5. The van der Waals surface area contributed by atoms with Gasteiger partial charge in [0.2, 0.25) is 0 Å². The van der Waals surface area contributed by atoms with Gasteiger partial charge in [0.15, 0.2) is 6.10 Å². The van der Waals surface area contributed by atoms with Crippen molar-refractivity contribution >= 4 is 23.3 Å². The number of nitrogens with two attached hydrogens (primary N) is 1. The Morgan fingerprint density at radius 2 is 1.89 bits per heavy atom. The lowest BCUT2D eigenvalue weighted by atomic mass is 9.99. The smallest absolute Gasteiger partial charge is 0.288 e. The van der Waals surface area contributed by atoms with Crippen LogP contribution < -0.4 is 5.73 Å². The minimum Gasteiger partial charge on any atom is -0.452 e. The summed E-state index contributed by atoms with van der Waals surface area (Å²) in [6, 6.07) is 15.6. The molecule has 0 radical (unpaired) electrons. The Hall–Kier alpha value is -2.00. The van der Waals surface area contributed by atoms with Crippen LogP contribution in [-0.2, 0) is 4.74 Å². The van der Waals surface area contributed by atoms with E-state index in [-0.39, 0.29) is 12.1 Å². The van der Waals surface area contributed by atoms with Gasteiger partial charge in [-0.1, -0.05) is 41.9 Å². The predicted octanol–water partition coefficient (Wildman–Crippen LogP) is 3.41. The van der Waals surface area contributed by atoms with Crippen molar-refractivity contribution in [2.24, 2.45) is 10.7 Å². The first-order valence-electron chi connectivity index (χ1n) is 5.59. The maximum Gasteiger partial charge on any atom is 0.288 e. The minimum atomic E-state index is -0.252. The maximum absolute atomic E-state index is 6.03. The van der Waals surface area contributed by atoms with Crippen LogP contribution in [0.15, 0.2) is 53.5 Å². The first-order valence-corrected chi connectivity index (χ1v) is 5.97. The van der Waals surface area contributed by atoms with Crippen LogP contribution in [0.25, 0.3) is 0 Å². The van der Waals surface area contributed by atoms with Crippen LogP contribution in [0.3, 0.4) is 0 Å². The van der Waals surface area contributed by atoms with Gasteiger partial charge >= 0.3 is 0 Å². The molecule has 0 fully saturated rings. The van der Waals surface area contributed by atoms with E-state index in [9.17, 15) is 0 Å². The minimum absolute atomic E-state index is 0.179. The molecule has 1 aliphatic rings. The molecule has 4 heteroatoms. The molecule has 0 spiro atoms. The Labute approximate surface area is 110 Å². The zero-order valence-electron chi connectivity index (χ0n) is 9.51. The second-order valence-corrected chi connectivity index (χ2v) is 4.50. The maximum atomic E-state index is 6.03. The molecule has 18 heavy (non-hydrogen) atoms. The molecule has 1 atom stereocenters. The Morgan fingerprint density at radius 3 is 2.67 bits per heavy atom. The number of rotatable bonds is 1. The number of hydrogen-bond donors (Lipinski definition) is 1. The normalized spacial score (nSPS) is 17.6. The third kappa shape index (κ3) is 1.93. The summed E-state index contributed by atoms with van der Waals surface area (Å²) < 4.78 is 5.62. The molecule has 3 rings (SSSR count). The van der Waals surface area contributed by atoms with Crippen molar-refractivity contribution < 1.29 is 4.74 Å². The Kier molecular flexibility index (Phi) is 2.68. The van der Waals surface area contributed by atoms with E-state index in [0.29, 0.717) is 5.02 Å². The molecule has 2 aromatic carbocycles. The van der Waals surface area contributed by atoms with Gasteiger partial charge in [-0.3, -0.25) is 0 Å². The number of amidine groups is 1. The number of ether oxygens (including phenoxy) is 1. The Bertz CT molecular complexity index is 610. The first kappa shape index (κ1) is 11.1. The van der Waals surface area contributed by atoms with Crippen molar-refractivity contribution in [1.82, 2.24) is 0 Å². The van der Waals surface area contributed by atoms with E-state index in [1.165, 1.54) is 0 Å². The molecule has 0 aromatic heterocycles. The second kappa shape index (κ2) is 4.35. The third-order valence-corrected chi connectivity index (χ3v) is 3.08. The molecule has 1 heterocycles. The molecule has 0 saturated carbocycles. The van der Waals surface area contributed by atoms with Gasteiger partial charge in [-0.25, -0.2) is 0 Å². The van der Waals surface area contributed by atoms with E-state index in [1.807, 2.05) is 42.5 Å². The summed E-state index contributed by atoms with van der Waals surface area (Å²) in [5.74, 6) is 0. The molecule has 1 aliphatic heterocycles. The molecule has 90 valence electrons. The van der Waals surface area contributed by atoms with E-state index in [4.69, 9.17) is 22.1 Å². The highest BCUT2D eigenvalue weighted by atomic mass is 35.5. The summed E-state index contributed by atoms with van der Waals surface area (Å²) >= 11 is 6.03. The molecule has 3 nitrogen and oxygen atoms in total. The van der Waals surface area contributed by atoms with Crippen molar-refractivity contribution in [1.29, 1.82) is 0 Å². The van der Waals surface area contributed by atoms with E-state index in [0.717, 1.165) is 16.8 Å². The highest BCUT2D eigenvalue weighted by molar-refractivity contribution is 6.30. The van der Waals surface area contributed by atoms with Gasteiger partial charge in [-0.15, -0.1) is 0 Å². The van der Waals surface area contributed by atoms with Crippen LogP contribution in [0, 0.1) is 0 Å². The number of aliphatic imine (C=N–C) groups is 1. The number of fused-ring (bicyclic) bond motifs is 1. The third-order valence-electron chi connectivity index (χ3n) is 2.84. The molecular weight excluding hydrogens is 248 g/mol. The molecule has 0 bridgehead atoms. The quantitative estimate of drug-likeness (QED) is 0.852. The Morgan fingerprint density at radius 1 is 1.11 bits per heavy atom. The van der Waals surface area contributed by atoms with Crippen molar-refractivity contribution in [3.63, 3.8) is 0 Å². The van der Waals surface area contributed by atoms with Crippen LogP contribution in [0.2, 0.25) is 5.02 Å². The Balaban J connectivity index is 2.14. The van der Waals surface area contributed by atoms with Gasteiger partial charge in [0.1, 0.15) is 0 Å². The largest absolute Gasteiger partial charge is 0.452 e. The summed E-state index contributed by atoms with van der Waals surface area (Å²) in [4.78, 5) is 4.18. The number of halogens is 1. The van der Waals surface area contributed by atoms with Gasteiger partial charge < -0.3 is 10.5 Å². The standard InChI is InChI=1S/C14H11ClN2O/c15-10-6-7-12-11(8-10)13(18-14(16)17-12)9-4-2-1-3-5-9/h1-8,13H,(H2,16,17). The molecule has 0 aliphatic carbocycles. The molecule has 0 saturated heterocycles. The topological polar surface area (TPSA) is 47.6 Å². The van der Waals surface area contributed by atoms with Crippen molar-refractivity contribution in [3.8, 4) is 0 Å². The van der Waals surface area contributed by atoms with Crippen LogP contribution in [0.4, 0.5) is 5.69 Å². The van der Waals surface area contributed by atoms with Crippen LogP contribution >= 0.6 is 11.6 Å². The lowest BCUT2D eigenvalue weighted by Gasteiger charge is -2.24. The average Bonchev–Trinajstić information content (AvgIpc) is 2.39. The van der Waals surface area contributed by atoms with Gasteiger partial charge in [0, 0.05) is 10.6 Å². The fourth-order valence-corrected chi connectivity index (χ4v) is 2.22. The van der Waals surface area contributed by atoms with Gasteiger partial charge in [-0.2, -0.15) is 4.99 Å². The van der Waals surface area contributed by atoms with Crippen molar-refractivity contribution in [3.05, 3.63) is 64.7 Å². The average molecular weight is 259 g/mol. The van der Waals surface area contributed by atoms with E-state index >= 15 is 0 Å². The number of hydrogen-bond acceptors (Lipinski definition) is 3. The number of benzene rings is 2. The van der Waals surface area contributed by atoms with Crippen LogP contribution in [0.1, 0.15) is 17.2 Å². The van der Waals surface area contributed by atoms with Crippen molar-refractivity contribution in [2.75, 3.05) is 0 Å². The summed E-state index contributed by atoms with van der Waals surface area (Å²) in [6.45, 7) is 0. The second-order valence-electron chi connectivity index (χ2n) is 4.06. The highest BCUT2D eigenvalue weighted by Gasteiger charge is 2.24. The van der Waals surface area contributed by atoms with Gasteiger partial charge in [0.05, 0.1) is 5.69 Å². The van der Waals surface area contributed by atoms with Crippen LogP contribution in [-0.4, -0.2) is 6.02 Å². The van der Waals surface area contributed by atoms with Gasteiger partial charge in [0.25, 0.3) is 6.02 Å². The molecular formula is C14H11ClN2O. The van der Waals surface area contributed by atoms with Crippen molar-refractivity contribution in [2.45, 2.75) is 6.10 Å². The summed E-state index contributed by atoms with van der Waals surface area (Å²) in [5.41, 5.74) is 8.47. The molecule has 1 unspecified atom stereocenters. The summed E-state index contributed by atoms with van der Waals surface area (Å²) in [6.07, 6.45) is -0.252. The van der Waals surface area contributed by atoms with E-state index in [2.05, 4.69) is 4.99 Å². The molecule has 0 amide bonds. The monoisotopic (exact) mass is 258 g/mol. The van der Waals surface area contributed by atoms with Gasteiger partial charge in [-0.05, 0) is 23.8 Å². The molecule has 2 aromatic rings. The lowest BCUT2D eigenvalue weighted by Crippen LogP contribution is -2.23. The SMILES string of the molecule is NC1=Nc2ccc(Cl)cc2C(c2ccccc2)O1. The predicted molar refractivity (Wildman–Crippen MR) is 72.1 cm³/mol. The number of nitrogens with zero attached hydrogens (tertiary/aromatic N) is 1. The first-order chi connectivity index (χ1) is 8.74. The fraction of sp³-hybridized carbons (Fsp3) is 0.0714. The lowest BCUT2D eigenvalue weighted by molar-refractivity contribution is 0.224. The summed E-state index contributed by atoms with van der Waals surface area (Å²) in [5, 5.41) is 0.661. The van der Waals surface area contributed by atoms with Crippen LogP contribution in [0.5, 0.6) is 0 Å². The zero-order valence-corrected chi connectivity index (χ0v) is 10.3. The van der Waals surface area contributed by atoms with E-state index in [1.54, 1.807) is 6.07 Å².